The number of esters is 1. The molecule has 3 heteroatoms. The maximum Gasteiger partial charge on any atom is 0.309 e. The van der Waals surface area contributed by atoms with Gasteiger partial charge in [0, 0.05) is 5.92 Å². The molecular formula is C8H9IO2. The van der Waals surface area contributed by atoms with E-state index < -0.39 is 0 Å². The van der Waals surface area contributed by atoms with Crippen LogP contribution in [-0.2, 0) is 9.53 Å². The molecule has 1 aliphatic heterocycles. The molecule has 3 aliphatic rings. The van der Waals surface area contributed by atoms with Crippen molar-refractivity contribution >= 4 is 28.6 Å². The molecule has 60 valence electrons. The van der Waals surface area contributed by atoms with Gasteiger partial charge in [-0.25, -0.2) is 0 Å². The number of hydrogen-bond acceptors (Lipinski definition) is 2. The van der Waals surface area contributed by atoms with Gasteiger partial charge in [0.15, 0.2) is 0 Å². The molecule has 0 aromatic heterocycles. The lowest BCUT2D eigenvalue weighted by molar-refractivity contribution is -0.143. The largest absolute Gasteiger partial charge is 0.461 e. The zero-order valence-corrected chi connectivity index (χ0v) is 8.15. The van der Waals surface area contributed by atoms with Crippen molar-refractivity contribution in [1.29, 1.82) is 0 Å². The third kappa shape index (κ3) is 0.661. The molecule has 2 nitrogen and oxygen atoms in total. The number of halogens is 1. The first-order chi connectivity index (χ1) is 5.27. The summed E-state index contributed by atoms with van der Waals surface area (Å²) in [4.78, 5) is 11.2. The van der Waals surface area contributed by atoms with Gasteiger partial charge in [-0.05, 0) is 18.8 Å². The maximum atomic E-state index is 11.2. The first-order valence-electron chi connectivity index (χ1n) is 4.12. The average Bonchev–Trinajstić information content (AvgIpc) is 2.53. The van der Waals surface area contributed by atoms with Crippen molar-refractivity contribution in [2.45, 2.75) is 22.9 Å². The lowest BCUT2D eigenvalue weighted by atomic mass is 9.90. The Morgan fingerprint density at radius 2 is 2.27 bits per heavy atom. The zero-order chi connectivity index (χ0) is 7.59. The number of fused-ring (bicyclic) bond motifs is 1. The smallest absolute Gasteiger partial charge is 0.309 e. The fraction of sp³-hybridized carbons (Fsp3) is 0.875. The van der Waals surface area contributed by atoms with E-state index in [1.165, 1.54) is 6.42 Å². The van der Waals surface area contributed by atoms with Gasteiger partial charge in [-0.1, -0.05) is 22.6 Å². The van der Waals surface area contributed by atoms with Gasteiger partial charge in [-0.15, -0.1) is 0 Å². The number of alkyl halides is 1. The van der Waals surface area contributed by atoms with Crippen LogP contribution >= 0.6 is 22.6 Å². The van der Waals surface area contributed by atoms with Crippen LogP contribution in [-0.4, -0.2) is 16.0 Å². The number of carbonyl (C=O) groups excluding carboxylic acids is 1. The molecule has 1 saturated heterocycles. The van der Waals surface area contributed by atoms with E-state index in [1.807, 2.05) is 0 Å². The molecule has 3 rings (SSSR count). The number of hydrogen-bond donors (Lipinski definition) is 0. The standard InChI is InChI=1S/C8H9IO2/c9-6-3-1-4-5(2-3)8(10)11-7(4)6/h3-7H,1-2H2/t3-,4+,5+,6+,7-/m0/s1. The van der Waals surface area contributed by atoms with Crippen molar-refractivity contribution in [3.8, 4) is 0 Å². The molecule has 0 amide bonds. The highest BCUT2D eigenvalue weighted by Crippen LogP contribution is 2.56. The Labute approximate surface area is 78.8 Å². The van der Waals surface area contributed by atoms with Crippen LogP contribution in [0.2, 0.25) is 0 Å². The van der Waals surface area contributed by atoms with Crippen molar-refractivity contribution in [2.24, 2.45) is 17.8 Å². The molecule has 0 aromatic rings. The molecule has 0 aromatic carbocycles. The Bertz CT molecular complexity index is 228. The van der Waals surface area contributed by atoms with Gasteiger partial charge < -0.3 is 4.74 Å². The number of carbonyl (C=O) groups is 1. The number of ether oxygens (including phenoxy) is 1. The highest BCUT2D eigenvalue weighted by molar-refractivity contribution is 14.1. The summed E-state index contributed by atoms with van der Waals surface area (Å²) in [7, 11) is 0. The Morgan fingerprint density at radius 1 is 1.45 bits per heavy atom. The first-order valence-corrected chi connectivity index (χ1v) is 5.36. The van der Waals surface area contributed by atoms with E-state index in [9.17, 15) is 4.79 Å². The quantitative estimate of drug-likeness (QED) is 0.375. The van der Waals surface area contributed by atoms with Gasteiger partial charge in [0.05, 0.1) is 9.84 Å². The Kier molecular flexibility index (Phi) is 1.17. The molecule has 2 saturated carbocycles. The highest BCUT2D eigenvalue weighted by Gasteiger charge is 2.60. The van der Waals surface area contributed by atoms with Crippen molar-refractivity contribution in [3.05, 3.63) is 0 Å². The monoisotopic (exact) mass is 264 g/mol. The van der Waals surface area contributed by atoms with Crippen molar-refractivity contribution < 1.29 is 9.53 Å². The molecule has 3 fully saturated rings. The second-order valence-electron chi connectivity index (χ2n) is 3.85. The predicted octanol–water partition coefficient (Wildman–Crippen LogP) is 1.37. The average molecular weight is 264 g/mol. The zero-order valence-electron chi connectivity index (χ0n) is 6.00. The summed E-state index contributed by atoms with van der Waals surface area (Å²) in [6.07, 6.45) is 2.63. The normalized spacial score (nSPS) is 58.6. The van der Waals surface area contributed by atoms with E-state index in [0.29, 0.717) is 9.84 Å². The van der Waals surface area contributed by atoms with E-state index >= 15 is 0 Å². The SMILES string of the molecule is O=C1O[C@@H]2[C@H](I)[C@H]3C[C@@H]2[C@H]1C3. The minimum absolute atomic E-state index is 0.0849. The Hall–Kier alpha value is 0.200. The van der Waals surface area contributed by atoms with Crippen LogP contribution in [0.5, 0.6) is 0 Å². The molecular weight excluding hydrogens is 255 g/mol. The minimum atomic E-state index is 0.0849. The van der Waals surface area contributed by atoms with E-state index in [-0.39, 0.29) is 18.0 Å². The van der Waals surface area contributed by atoms with E-state index in [4.69, 9.17) is 4.74 Å². The van der Waals surface area contributed by atoms with E-state index in [2.05, 4.69) is 22.6 Å². The van der Waals surface area contributed by atoms with Crippen molar-refractivity contribution in [2.75, 3.05) is 0 Å². The molecule has 2 bridgehead atoms. The summed E-state index contributed by atoms with van der Waals surface area (Å²) in [5.41, 5.74) is 0. The third-order valence-electron chi connectivity index (χ3n) is 3.39. The molecule has 1 heterocycles. The maximum absolute atomic E-state index is 11.2. The summed E-state index contributed by atoms with van der Waals surface area (Å²) in [6, 6.07) is 0. The second-order valence-corrected chi connectivity index (χ2v) is 5.29. The van der Waals surface area contributed by atoms with Gasteiger partial charge in [0.1, 0.15) is 6.10 Å². The van der Waals surface area contributed by atoms with E-state index in [1.54, 1.807) is 0 Å². The van der Waals surface area contributed by atoms with Crippen LogP contribution in [0.15, 0.2) is 0 Å². The van der Waals surface area contributed by atoms with Gasteiger partial charge in [0.2, 0.25) is 0 Å². The fourth-order valence-electron chi connectivity index (χ4n) is 2.88. The lowest BCUT2D eigenvalue weighted by Gasteiger charge is -2.19. The second kappa shape index (κ2) is 1.92. The summed E-state index contributed by atoms with van der Waals surface area (Å²) in [6.45, 7) is 0. The van der Waals surface area contributed by atoms with Crippen LogP contribution in [0.25, 0.3) is 0 Å². The number of rotatable bonds is 0. The molecule has 0 spiro atoms. The topological polar surface area (TPSA) is 26.3 Å². The molecule has 0 N–H and O–H groups in total. The van der Waals surface area contributed by atoms with Crippen LogP contribution in [0.4, 0.5) is 0 Å². The molecule has 5 atom stereocenters. The van der Waals surface area contributed by atoms with Crippen LogP contribution < -0.4 is 0 Å². The van der Waals surface area contributed by atoms with Crippen LogP contribution in [0.1, 0.15) is 12.8 Å². The highest BCUT2D eigenvalue weighted by atomic mass is 127. The minimum Gasteiger partial charge on any atom is -0.461 e. The molecule has 0 unspecified atom stereocenters. The molecule has 11 heavy (non-hydrogen) atoms. The van der Waals surface area contributed by atoms with Gasteiger partial charge in [-0.2, -0.15) is 0 Å². The summed E-state index contributed by atoms with van der Waals surface area (Å²) < 4.78 is 5.92. The van der Waals surface area contributed by atoms with E-state index in [0.717, 1.165) is 12.3 Å². The predicted molar refractivity (Wildman–Crippen MR) is 47.4 cm³/mol. The summed E-state index contributed by atoms with van der Waals surface area (Å²) >= 11 is 2.45. The first kappa shape index (κ1) is 6.69. The molecule has 2 aliphatic carbocycles. The van der Waals surface area contributed by atoms with Crippen LogP contribution in [0, 0.1) is 17.8 Å². The summed E-state index contributed by atoms with van der Waals surface area (Å²) in [5, 5.41) is 0. The lowest BCUT2D eigenvalue weighted by Crippen LogP contribution is -2.26. The Balaban J connectivity index is 2.04. The van der Waals surface area contributed by atoms with Crippen LogP contribution in [0.3, 0.4) is 0 Å². The van der Waals surface area contributed by atoms with Gasteiger partial charge in [-0.3, -0.25) is 4.79 Å². The van der Waals surface area contributed by atoms with Crippen molar-refractivity contribution in [1.82, 2.24) is 0 Å². The Morgan fingerprint density at radius 3 is 2.91 bits per heavy atom. The molecule has 0 radical (unpaired) electrons. The van der Waals surface area contributed by atoms with Crippen molar-refractivity contribution in [3.63, 3.8) is 0 Å². The van der Waals surface area contributed by atoms with Gasteiger partial charge >= 0.3 is 5.97 Å². The fourth-order valence-corrected chi connectivity index (χ4v) is 4.15. The van der Waals surface area contributed by atoms with Gasteiger partial charge in [0.25, 0.3) is 0 Å². The third-order valence-corrected chi connectivity index (χ3v) is 5.12. The summed E-state index contributed by atoms with van der Waals surface area (Å²) in [5.74, 6) is 1.74.